The number of carbonyl (C=O) groups is 3. The first-order valence-corrected chi connectivity index (χ1v) is 7.93. The maximum Gasteiger partial charge on any atom is 0.416 e. The zero-order valence-corrected chi connectivity index (χ0v) is 13.6. The highest BCUT2D eigenvalue weighted by molar-refractivity contribution is 7.96. The standard InChI is InChI=1S/C16H10F2O7S/c17-16(18,26-25-24-22)15(21)23-11-7-3-6-10-12(11)14(20)9-5-2-1-4-8(9)13(10)19/h1-7,10,12,22H. The molecule has 2 aliphatic carbocycles. The second kappa shape index (κ2) is 7.08. The Hall–Kier alpha value is -2.40. The summed E-state index contributed by atoms with van der Waals surface area (Å²) < 4.78 is 35.4. The van der Waals surface area contributed by atoms with Crippen LogP contribution >= 0.6 is 12.0 Å². The van der Waals surface area contributed by atoms with Crippen LogP contribution in [0.4, 0.5) is 8.78 Å². The Balaban J connectivity index is 1.88. The summed E-state index contributed by atoms with van der Waals surface area (Å²) in [6, 6.07) is 6.12. The molecule has 0 aliphatic heterocycles. The number of rotatable bonds is 5. The Morgan fingerprint density at radius 2 is 1.81 bits per heavy atom. The molecule has 26 heavy (non-hydrogen) atoms. The number of Topliss-reactive ketones (excluding diaryl/α,β-unsaturated/α-hetero) is 2. The van der Waals surface area contributed by atoms with Crippen molar-refractivity contribution in [2.75, 3.05) is 0 Å². The number of benzene rings is 1. The minimum Gasteiger partial charge on any atom is -0.425 e. The van der Waals surface area contributed by atoms with E-state index in [9.17, 15) is 23.2 Å². The molecule has 0 aromatic heterocycles. The van der Waals surface area contributed by atoms with Gasteiger partial charge in [0.1, 0.15) is 17.8 Å². The van der Waals surface area contributed by atoms with E-state index in [-0.39, 0.29) is 22.7 Å². The van der Waals surface area contributed by atoms with Gasteiger partial charge in [0, 0.05) is 11.1 Å². The molecular weight excluding hydrogens is 374 g/mol. The highest BCUT2D eigenvalue weighted by atomic mass is 32.2. The summed E-state index contributed by atoms with van der Waals surface area (Å²) >= 11 is -0.783. The van der Waals surface area contributed by atoms with Crippen LogP contribution in [-0.4, -0.2) is 28.0 Å². The van der Waals surface area contributed by atoms with E-state index < -0.39 is 40.9 Å². The molecule has 0 heterocycles. The van der Waals surface area contributed by atoms with Crippen LogP contribution in [0.15, 0.2) is 48.3 Å². The summed E-state index contributed by atoms with van der Waals surface area (Å²) in [5.74, 6) is -5.48. The van der Waals surface area contributed by atoms with Gasteiger partial charge in [0.15, 0.2) is 11.6 Å². The van der Waals surface area contributed by atoms with Crippen molar-refractivity contribution in [1.82, 2.24) is 0 Å². The largest absolute Gasteiger partial charge is 0.425 e. The van der Waals surface area contributed by atoms with E-state index in [1.165, 1.54) is 30.4 Å². The van der Waals surface area contributed by atoms with Crippen LogP contribution in [0, 0.1) is 11.8 Å². The van der Waals surface area contributed by atoms with Crippen molar-refractivity contribution >= 4 is 29.6 Å². The molecule has 0 amide bonds. The van der Waals surface area contributed by atoms with Gasteiger partial charge in [-0.1, -0.05) is 41.5 Å². The summed E-state index contributed by atoms with van der Waals surface area (Å²) in [7, 11) is 0. The molecule has 0 saturated heterocycles. The van der Waals surface area contributed by atoms with Crippen LogP contribution in [-0.2, 0) is 18.9 Å². The lowest BCUT2D eigenvalue weighted by atomic mass is 9.71. The van der Waals surface area contributed by atoms with Gasteiger partial charge in [-0.15, -0.1) is 4.33 Å². The predicted molar refractivity (Wildman–Crippen MR) is 82.7 cm³/mol. The Morgan fingerprint density at radius 3 is 2.46 bits per heavy atom. The Labute approximate surface area is 149 Å². The molecule has 10 heteroatoms. The quantitative estimate of drug-likeness (QED) is 0.358. The van der Waals surface area contributed by atoms with E-state index in [4.69, 9.17) is 5.26 Å². The van der Waals surface area contributed by atoms with Gasteiger partial charge in [-0.05, 0) is 6.08 Å². The average Bonchev–Trinajstić information content (AvgIpc) is 2.64. The zero-order valence-electron chi connectivity index (χ0n) is 12.8. The van der Waals surface area contributed by atoms with Gasteiger partial charge in [-0.3, -0.25) is 9.59 Å². The van der Waals surface area contributed by atoms with E-state index in [1.807, 2.05) is 0 Å². The van der Waals surface area contributed by atoms with Crippen LogP contribution in [0.2, 0.25) is 0 Å². The number of carbonyl (C=O) groups excluding carboxylic acids is 3. The van der Waals surface area contributed by atoms with Crippen molar-refractivity contribution in [1.29, 1.82) is 0 Å². The Bertz CT molecular complexity index is 834. The van der Waals surface area contributed by atoms with Gasteiger partial charge in [-0.2, -0.15) is 8.78 Å². The number of ether oxygens (including phenoxy) is 1. The van der Waals surface area contributed by atoms with Crippen molar-refractivity contribution < 1.29 is 42.5 Å². The molecule has 0 spiro atoms. The maximum atomic E-state index is 13.6. The van der Waals surface area contributed by atoms with Gasteiger partial charge >= 0.3 is 11.2 Å². The molecule has 2 unspecified atom stereocenters. The third kappa shape index (κ3) is 3.19. The first-order chi connectivity index (χ1) is 12.4. The lowest BCUT2D eigenvalue weighted by molar-refractivity contribution is -0.433. The van der Waals surface area contributed by atoms with Crippen molar-refractivity contribution in [3.63, 3.8) is 0 Å². The van der Waals surface area contributed by atoms with Crippen molar-refractivity contribution in [2.24, 2.45) is 11.8 Å². The maximum absolute atomic E-state index is 13.6. The van der Waals surface area contributed by atoms with Crippen molar-refractivity contribution in [2.45, 2.75) is 5.25 Å². The fraction of sp³-hybridized carbons (Fsp3) is 0.188. The monoisotopic (exact) mass is 384 g/mol. The molecule has 2 atom stereocenters. The minimum atomic E-state index is -4.22. The third-order valence-electron chi connectivity index (χ3n) is 3.91. The van der Waals surface area contributed by atoms with Crippen LogP contribution in [0.1, 0.15) is 20.7 Å². The van der Waals surface area contributed by atoms with Gasteiger partial charge < -0.3 is 4.74 Å². The van der Waals surface area contributed by atoms with E-state index in [2.05, 4.69) is 14.1 Å². The first-order valence-electron chi connectivity index (χ1n) is 7.18. The lowest BCUT2D eigenvalue weighted by Gasteiger charge is -2.31. The topological polar surface area (TPSA) is 99.1 Å². The van der Waals surface area contributed by atoms with E-state index in [1.54, 1.807) is 12.1 Å². The molecule has 1 aromatic carbocycles. The second-order valence-electron chi connectivity index (χ2n) is 5.36. The molecule has 0 fully saturated rings. The number of fused-ring (bicyclic) bond motifs is 2. The van der Waals surface area contributed by atoms with Crippen molar-refractivity contribution in [3.8, 4) is 0 Å². The van der Waals surface area contributed by atoms with Crippen LogP contribution < -0.4 is 0 Å². The fourth-order valence-electron chi connectivity index (χ4n) is 2.81. The summed E-state index contributed by atoms with van der Waals surface area (Å²) in [5, 5.41) is 6.72. The molecule has 2 aliphatic rings. The third-order valence-corrected chi connectivity index (χ3v) is 4.41. The number of hydrogen-bond acceptors (Lipinski definition) is 8. The van der Waals surface area contributed by atoms with E-state index in [0.29, 0.717) is 0 Å². The number of hydrogen-bond donors (Lipinski definition) is 1. The minimum absolute atomic E-state index is 0.133. The van der Waals surface area contributed by atoms with Gasteiger partial charge in [0.05, 0.1) is 11.8 Å². The smallest absolute Gasteiger partial charge is 0.416 e. The highest BCUT2D eigenvalue weighted by Gasteiger charge is 2.49. The van der Waals surface area contributed by atoms with E-state index in [0.717, 1.165) is 0 Å². The molecule has 3 rings (SSSR count). The van der Waals surface area contributed by atoms with E-state index >= 15 is 0 Å². The molecule has 1 N–H and O–H groups in total. The van der Waals surface area contributed by atoms with Crippen molar-refractivity contribution in [3.05, 3.63) is 59.4 Å². The molecule has 0 radical (unpaired) electrons. The molecule has 0 bridgehead atoms. The zero-order chi connectivity index (χ0) is 18.9. The van der Waals surface area contributed by atoms with Gasteiger partial charge in [0.2, 0.25) is 0 Å². The summed E-state index contributed by atoms with van der Waals surface area (Å²) in [6.45, 7) is 0. The summed E-state index contributed by atoms with van der Waals surface area (Å²) in [6.07, 6.45) is 3.97. The first kappa shape index (κ1) is 18.4. The highest BCUT2D eigenvalue weighted by Crippen LogP contribution is 2.40. The van der Waals surface area contributed by atoms with Crippen LogP contribution in [0.3, 0.4) is 0 Å². The fourth-order valence-corrected chi connectivity index (χ4v) is 3.03. The van der Waals surface area contributed by atoms with Gasteiger partial charge in [0.25, 0.3) is 0 Å². The number of allylic oxidation sites excluding steroid dienone is 4. The number of ketones is 2. The normalized spacial score (nSPS) is 21.7. The van der Waals surface area contributed by atoms with Gasteiger partial charge in [-0.25, -0.2) is 10.1 Å². The molecule has 0 saturated carbocycles. The van der Waals surface area contributed by atoms with Crippen LogP contribution in [0.5, 0.6) is 0 Å². The summed E-state index contributed by atoms with van der Waals surface area (Å²) in [5.41, 5.74) is 0.361. The number of alkyl halides is 2. The molecule has 136 valence electrons. The second-order valence-corrected chi connectivity index (χ2v) is 6.18. The number of halogens is 2. The Kier molecular flexibility index (Phi) is 5.01. The molecular formula is C16H10F2O7S. The summed E-state index contributed by atoms with van der Waals surface area (Å²) in [4.78, 5) is 37.0. The number of esters is 1. The predicted octanol–water partition coefficient (Wildman–Crippen LogP) is 2.96. The SMILES string of the molecule is O=C1c2ccccc2C(=O)C2C(OC(=O)C(F)(F)SOOO)=CC=CC12. The molecule has 1 aromatic rings. The average molecular weight is 384 g/mol. The Morgan fingerprint density at radius 1 is 1.15 bits per heavy atom. The van der Waals surface area contributed by atoms with Crippen LogP contribution in [0.25, 0.3) is 0 Å². The lowest BCUT2D eigenvalue weighted by Crippen LogP contribution is -2.40. The molecule has 7 nitrogen and oxygen atoms in total.